The summed E-state index contributed by atoms with van der Waals surface area (Å²) in [5.74, 6) is 1.85. The first kappa shape index (κ1) is 28.4. The fourth-order valence-electron chi connectivity index (χ4n) is 4.44. The van der Waals surface area contributed by atoms with Crippen LogP contribution in [0.25, 0.3) is 11.1 Å². The van der Waals surface area contributed by atoms with Crippen LogP contribution in [0.4, 0.5) is 0 Å². The highest BCUT2D eigenvalue weighted by molar-refractivity contribution is 7.62. The fraction of sp³-hybridized carbons (Fsp3) is 0.571. The molecule has 0 radical (unpaired) electrons. The minimum atomic E-state index is -3.72. The fourth-order valence-corrected chi connectivity index (χ4v) is 6.36. The molecule has 0 bridgehead atoms. The third-order valence-electron chi connectivity index (χ3n) is 6.08. The number of benzene rings is 2. The zero-order valence-corrected chi connectivity index (χ0v) is 23.8. The van der Waals surface area contributed by atoms with Crippen molar-refractivity contribution in [3.63, 3.8) is 0 Å². The van der Waals surface area contributed by atoms with Gasteiger partial charge in [0.1, 0.15) is 5.30 Å². The van der Waals surface area contributed by atoms with E-state index < -0.39 is 7.60 Å². The molecular weight excluding hydrogens is 447 g/mol. The first-order valence-electron chi connectivity index (χ1n) is 12.3. The smallest absolute Gasteiger partial charge is 0.365 e. The molecule has 0 aliphatic heterocycles. The van der Waals surface area contributed by atoms with Crippen LogP contribution in [-0.4, -0.2) is 27.4 Å². The molecule has 0 unspecified atom stereocenters. The van der Waals surface area contributed by atoms with E-state index in [4.69, 9.17) is 18.5 Å². The summed E-state index contributed by atoms with van der Waals surface area (Å²) in [5, 5.41) is 0.433. The summed E-state index contributed by atoms with van der Waals surface area (Å²) < 4.78 is 37.6. The molecule has 0 aliphatic rings. The first-order chi connectivity index (χ1) is 16.0. The number of aryl methyl sites for hydroxylation is 1. The van der Waals surface area contributed by atoms with Crippen molar-refractivity contribution in [2.45, 2.75) is 80.1 Å². The van der Waals surface area contributed by atoms with Gasteiger partial charge in [0.25, 0.3) is 0 Å². The second kappa shape index (κ2) is 11.7. The molecule has 0 N–H and O–H groups in total. The standard InChI is InChI=1S/C28H43O5P/c1-12-32-34(29,33-13-2)28-24(14-20(9)26(30-10)27(28)31-11)25-22(18(5)6)15-21(17(3)4)16-23(25)19(7)8/h14-19H,12-13H2,1-11H3. The van der Waals surface area contributed by atoms with E-state index >= 15 is 0 Å². The Morgan fingerprint density at radius 3 is 1.59 bits per heavy atom. The van der Waals surface area contributed by atoms with Gasteiger partial charge in [0.15, 0.2) is 11.5 Å². The quantitative estimate of drug-likeness (QED) is 0.299. The molecule has 2 aromatic rings. The topological polar surface area (TPSA) is 54.0 Å². The Bertz CT molecular complexity index is 1000. The Labute approximate surface area is 206 Å². The number of ether oxygens (including phenoxy) is 2. The summed E-state index contributed by atoms with van der Waals surface area (Å²) >= 11 is 0. The van der Waals surface area contributed by atoms with Crippen molar-refractivity contribution >= 4 is 12.9 Å². The third-order valence-corrected chi connectivity index (χ3v) is 8.27. The van der Waals surface area contributed by atoms with Gasteiger partial charge in [-0.1, -0.05) is 53.7 Å². The van der Waals surface area contributed by atoms with E-state index in [1.807, 2.05) is 26.8 Å². The monoisotopic (exact) mass is 490 g/mol. The lowest BCUT2D eigenvalue weighted by Crippen LogP contribution is -2.19. The largest absolute Gasteiger partial charge is 0.493 e. The maximum Gasteiger partial charge on any atom is 0.365 e. The molecule has 6 heteroatoms. The van der Waals surface area contributed by atoms with E-state index in [1.54, 1.807) is 14.2 Å². The molecule has 2 rings (SSSR count). The lowest BCUT2D eigenvalue weighted by Gasteiger charge is -2.29. The molecule has 0 heterocycles. The molecule has 190 valence electrons. The molecule has 0 spiro atoms. The third kappa shape index (κ3) is 5.53. The van der Waals surface area contributed by atoms with Crippen LogP contribution in [0.5, 0.6) is 11.5 Å². The highest BCUT2D eigenvalue weighted by Gasteiger charge is 2.38. The van der Waals surface area contributed by atoms with Crippen LogP contribution < -0.4 is 14.8 Å². The van der Waals surface area contributed by atoms with E-state index in [2.05, 4.69) is 53.7 Å². The summed E-state index contributed by atoms with van der Waals surface area (Å²) in [7, 11) is -0.560. The van der Waals surface area contributed by atoms with E-state index in [0.29, 0.717) is 22.7 Å². The van der Waals surface area contributed by atoms with Crippen LogP contribution in [0, 0.1) is 6.92 Å². The highest BCUT2D eigenvalue weighted by Crippen LogP contribution is 2.55. The van der Waals surface area contributed by atoms with Crippen molar-refractivity contribution < 1.29 is 23.1 Å². The van der Waals surface area contributed by atoms with Gasteiger partial charge in [0, 0.05) is 5.56 Å². The Hall–Kier alpha value is -1.81. The summed E-state index contributed by atoms with van der Waals surface area (Å²) in [5.41, 5.74) is 6.52. The van der Waals surface area contributed by atoms with Crippen LogP contribution in [0.3, 0.4) is 0 Å². The predicted molar refractivity (Wildman–Crippen MR) is 142 cm³/mol. The van der Waals surface area contributed by atoms with Gasteiger partial charge >= 0.3 is 7.60 Å². The molecule has 0 aliphatic carbocycles. The van der Waals surface area contributed by atoms with Gasteiger partial charge in [0.05, 0.1) is 27.4 Å². The maximum atomic E-state index is 14.3. The highest BCUT2D eigenvalue weighted by atomic mass is 31.2. The molecule has 0 saturated carbocycles. The van der Waals surface area contributed by atoms with E-state index in [0.717, 1.165) is 16.7 Å². The lowest BCUT2D eigenvalue weighted by atomic mass is 9.81. The SMILES string of the molecule is CCOP(=O)(OCC)c1c(-c2c(C(C)C)cc(C(C)C)cc2C(C)C)cc(C)c(OC)c1OC. The second-order valence-corrected chi connectivity index (χ2v) is 11.5. The molecule has 0 amide bonds. The summed E-state index contributed by atoms with van der Waals surface area (Å²) in [6, 6.07) is 6.63. The van der Waals surface area contributed by atoms with Gasteiger partial charge in [-0.3, -0.25) is 4.57 Å². The van der Waals surface area contributed by atoms with Crippen molar-refractivity contribution in [1.29, 1.82) is 0 Å². The number of rotatable bonds is 11. The van der Waals surface area contributed by atoms with E-state index in [-0.39, 0.29) is 25.0 Å². The van der Waals surface area contributed by atoms with Crippen LogP contribution in [0.1, 0.15) is 95.4 Å². The first-order valence-corrected chi connectivity index (χ1v) is 13.8. The second-order valence-electron chi connectivity index (χ2n) is 9.53. The van der Waals surface area contributed by atoms with Gasteiger partial charge in [-0.05, 0) is 72.4 Å². The molecule has 34 heavy (non-hydrogen) atoms. The molecular formula is C28H43O5P. The van der Waals surface area contributed by atoms with E-state index in [9.17, 15) is 4.57 Å². The minimum Gasteiger partial charge on any atom is -0.493 e. The van der Waals surface area contributed by atoms with Gasteiger partial charge in [-0.15, -0.1) is 0 Å². The Morgan fingerprint density at radius 1 is 0.765 bits per heavy atom. The summed E-state index contributed by atoms with van der Waals surface area (Å²) in [6.07, 6.45) is 0. The molecule has 0 aromatic heterocycles. The van der Waals surface area contributed by atoms with Gasteiger partial charge in [0.2, 0.25) is 0 Å². The van der Waals surface area contributed by atoms with Crippen molar-refractivity contribution in [2.75, 3.05) is 27.4 Å². The van der Waals surface area contributed by atoms with Crippen LogP contribution >= 0.6 is 7.60 Å². The van der Waals surface area contributed by atoms with Crippen molar-refractivity contribution in [3.8, 4) is 22.6 Å². The normalized spacial score (nSPS) is 12.2. The van der Waals surface area contributed by atoms with Crippen molar-refractivity contribution in [2.24, 2.45) is 0 Å². The summed E-state index contributed by atoms with van der Waals surface area (Å²) in [4.78, 5) is 0. The molecule has 2 aromatic carbocycles. The lowest BCUT2D eigenvalue weighted by molar-refractivity contribution is 0.229. The van der Waals surface area contributed by atoms with Crippen LogP contribution in [0.2, 0.25) is 0 Å². The minimum absolute atomic E-state index is 0.246. The Balaban J connectivity index is 3.19. The van der Waals surface area contributed by atoms with Crippen LogP contribution in [-0.2, 0) is 13.6 Å². The average Bonchev–Trinajstić information content (AvgIpc) is 2.77. The molecule has 0 fully saturated rings. The van der Waals surface area contributed by atoms with Gasteiger partial charge in [-0.2, -0.15) is 0 Å². The number of hydrogen-bond acceptors (Lipinski definition) is 5. The van der Waals surface area contributed by atoms with Crippen LogP contribution in [0.15, 0.2) is 18.2 Å². The molecule has 0 atom stereocenters. The number of methoxy groups -OCH3 is 2. The van der Waals surface area contributed by atoms with Gasteiger partial charge < -0.3 is 18.5 Å². The average molecular weight is 491 g/mol. The zero-order chi connectivity index (χ0) is 25.8. The van der Waals surface area contributed by atoms with Gasteiger partial charge in [-0.25, -0.2) is 0 Å². The molecule has 5 nitrogen and oxygen atoms in total. The zero-order valence-electron chi connectivity index (χ0n) is 22.9. The Kier molecular flexibility index (Phi) is 9.82. The van der Waals surface area contributed by atoms with E-state index in [1.165, 1.54) is 16.7 Å². The molecule has 0 saturated heterocycles. The summed E-state index contributed by atoms with van der Waals surface area (Å²) in [6.45, 7) is 19.3. The maximum absolute atomic E-state index is 14.3. The Morgan fingerprint density at radius 2 is 1.24 bits per heavy atom. The number of hydrogen-bond donors (Lipinski definition) is 0. The van der Waals surface area contributed by atoms with Crippen molar-refractivity contribution in [3.05, 3.63) is 40.5 Å². The predicted octanol–water partition coefficient (Wildman–Crippen LogP) is 7.94. The van der Waals surface area contributed by atoms with Crippen molar-refractivity contribution in [1.82, 2.24) is 0 Å².